The maximum Gasteiger partial charge on any atom is 0.227 e. The van der Waals surface area contributed by atoms with Crippen molar-refractivity contribution in [1.29, 1.82) is 0 Å². The van der Waals surface area contributed by atoms with Gasteiger partial charge in [0.15, 0.2) is 0 Å². The summed E-state index contributed by atoms with van der Waals surface area (Å²) in [5.41, 5.74) is 1.70. The molecule has 1 amide bonds. The van der Waals surface area contributed by atoms with Crippen molar-refractivity contribution < 1.29 is 14.6 Å². The number of benzene rings is 1. The first-order valence-corrected chi connectivity index (χ1v) is 9.53. The van der Waals surface area contributed by atoms with Crippen molar-refractivity contribution in [3.63, 3.8) is 0 Å². The van der Waals surface area contributed by atoms with Gasteiger partial charge in [-0.2, -0.15) is 0 Å². The predicted molar refractivity (Wildman–Crippen MR) is 105 cm³/mol. The highest BCUT2D eigenvalue weighted by atomic mass is 35.5. The van der Waals surface area contributed by atoms with Gasteiger partial charge in [0.1, 0.15) is 18.0 Å². The van der Waals surface area contributed by atoms with E-state index in [1.54, 1.807) is 17.3 Å². The topological polar surface area (TPSA) is 62.7 Å². The van der Waals surface area contributed by atoms with Gasteiger partial charge in [-0.3, -0.25) is 9.78 Å². The molecule has 1 aromatic carbocycles. The number of piperidine rings is 1. The third-order valence-electron chi connectivity index (χ3n) is 4.90. The summed E-state index contributed by atoms with van der Waals surface area (Å²) in [6, 6.07) is 7.44. The number of likely N-dealkylation sites (tertiary alicyclic amines) is 1. The smallest absolute Gasteiger partial charge is 0.227 e. The first-order valence-electron chi connectivity index (χ1n) is 9.15. The SMILES string of the molecule is Cc1cc(OCC2(O)CCCN(C(=O)Cc3cccnc3)C2)cc(C)c1Cl. The number of aromatic nitrogens is 1. The molecule has 6 heteroatoms. The molecule has 1 unspecified atom stereocenters. The zero-order valence-electron chi connectivity index (χ0n) is 15.7. The number of hydrogen-bond acceptors (Lipinski definition) is 4. The van der Waals surface area contributed by atoms with E-state index in [1.807, 2.05) is 38.1 Å². The average Bonchev–Trinajstić information content (AvgIpc) is 2.65. The van der Waals surface area contributed by atoms with Crippen molar-refractivity contribution in [2.24, 2.45) is 0 Å². The molecule has 1 atom stereocenters. The molecule has 0 spiro atoms. The van der Waals surface area contributed by atoms with Crippen LogP contribution in [0.4, 0.5) is 0 Å². The lowest BCUT2D eigenvalue weighted by atomic mass is 9.93. The van der Waals surface area contributed by atoms with E-state index in [2.05, 4.69) is 4.98 Å². The Morgan fingerprint density at radius 1 is 1.37 bits per heavy atom. The number of aryl methyl sites for hydroxylation is 2. The molecule has 144 valence electrons. The average molecular weight is 389 g/mol. The molecule has 0 aliphatic carbocycles. The zero-order chi connectivity index (χ0) is 19.4. The summed E-state index contributed by atoms with van der Waals surface area (Å²) in [6.45, 7) is 4.93. The molecule has 27 heavy (non-hydrogen) atoms. The molecule has 0 saturated carbocycles. The van der Waals surface area contributed by atoms with Crippen LogP contribution in [0.3, 0.4) is 0 Å². The number of β-amino-alcohol motifs (C(OH)–C–C–N with tert-alkyl or cyclic N) is 1. The van der Waals surface area contributed by atoms with Gasteiger partial charge in [0.05, 0.1) is 13.0 Å². The molecule has 2 aromatic rings. The van der Waals surface area contributed by atoms with Crippen molar-refractivity contribution >= 4 is 17.5 Å². The molecule has 1 aliphatic heterocycles. The molecule has 1 fully saturated rings. The van der Waals surface area contributed by atoms with Gasteiger partial charge in [-0.1, -0.05) is 17.7 Å². The fourth-order valence-electron chi connectivity index (χ4n) is 3.44. The lowest BCUT2D eigenvalue weighted by Crippen LogP contribution is -2.53. The number of carbonyl (C=O) groups is 1. The Balaban J connectivity index is 1.61. The van der Waals surface area contributed by atoms with Crippen LogP contribution in [-0.4, -0.2) is 46.2 Å². The molecule has 0 bridgehead atoms. The van der Waals surface area contributed by atoms with Crippen LogP contribution in [0, 0.1) is 13.8 Å². The van der Waals surface area contributed by atoms with Crippen LogP contribution in [0.15, 0.2) is 36.7 Å². The fraction of sp³-hybridized carbons (Fsp3) is 0.429. The minimum absolute atomic E-state index is 0.000642. The first-order chi connectivity index (χ1) is 12.9. The van der Waals surface area contributed by atoms with Crippen molar-refractivity contribution in [3.8, 4) is 5.75 Å². The van der Waals surface area contributed by atoms with Crippen LogP contribution in [0.5, 0.6) is 5.75 Å². The van der Waals surface area contributed by atoms with Gasteiger partial charge in [0, 0.05) is 24.0 Å². The summed E-state index contributed by atoms with van der Waals surface area (Å²) in [7, 11) is 0. The highest BCUT2D eigenvalue weighted by molar-refractivity contribution is 6.32. The van der Waals surface area contributed by atoms with Gasteiger partial charge >= 0.3 is 0 Å². The van der Waals surface area contributed by atoms with Gasteiger partial charge in [0.2, 0.25) is 5.91 Å². The second kappa shape index (κ2) is 8.28. The number of hydrogen-bond donors (Lipinski definition) is 1. The molecular formula is C21H25ClN2O3. The maximum atomic E-state index is 12.6. The Hall–Kier alpha value is -2.11. The summed E-state index contributed by atoms with van der Waals surface area (Å²) in [4.78, 5) is 18.4. The van der Waals surface area contributed by atoms with E-state index in [-0.39, 0.29) is 19.1 Å². The lowest BCUT2D eigenvalue weighted by Gasteiger charge is -2.39. The molecule has 5 nitrogen and oxygen atoms in total. The summed E-state index contributed by atoms with van der Waals surface area (Å²) < 4.78 is 5.85. The Bertz CT molecular complexity index is 789. The number of carbonyl (C=O) groups excluding carboxylic acids is 1. The van der Waals surface area contributed by atoms with Gasteiger partial charge in [-0.15, -0.1) is 0 Å². The Morgan fingerprint density at radius 3 is 2.78 bits per heavy atom. The van der Waals surface area contributed by atoms with Crippen molar-refractivity contribution in [2.45, 2.75) is 38.7 Å². The van der Waals surface area contributed by atoms with Crippen molar-refractivity contribution in [3.05, 3.63) is 58.4 Å². The van der Waals surface area contributed by atoms with Crippen LogP contribution < -0.4 is 4.74 Å². The van der Waals surface area contributed by atoms with Crippen LogP contribution in [0.2, 0.25) is 5.02 Å². The van der Waals surface area contributed by atoms with E-state index in [1.165, 1.54) is 0 Å². The third-order valence-corrected chi connectivity index (χ3v) is 5.50. The van der Waals surface area contributed by atoms with E-state index in [0.29, 0.717) is 25.1 Å². The second-order valence-corrected chi connectivity index (χ2v) is 7.72. The van der Waals surface area contributed by atoms with Crippen molar-refractivity contribution in [1.82, 2.24) is 9.88 Å². The van der Waals surface area contributed by atoms with E-state index >= 15 is 0 Å². The number of rotatable bonds is 5. The van der Waals surface area contributed by atoms with Gasteiger partial charge < -0.3 is 14.7 Å². The number of halogens is 1. The van der Waals surface area contributed by atoms with E-state index < -0.39 is 5.60 Å². The predicted octanol–water partition coefficient (Wildman–Crippen LogP) is 3.33. The summed E-state index contributed by atoms with van der Waals surface area (Å²) in [5, 5.41) is 11.7. The third kappa shape index (κ3) is 4.99. The first kappa shape index (κ1) is 19.6. The highest BCUT2D eigenvalue weighted by Crippen LogP contribution is 2.28. The second-order valence-electron chi connectivity index (χ2n) is 7.34. The summed E-state index contributed by atoms with van der Waals surface area (Å²) >= 11 is 6.19. The molecule has 0 radical (unpaired) electrons. The monoisotopic (exact) mass is 388 g/mol. The summed E-state index contributed by atoms with van der Waals surface area (Å²) in [5.74, 6) is 0.681. The Morgan fingerprint density at radius 2 is 2.11 bits per heavy atom. The van der Waals surface area contributed by atoms with E-state index in [9.17, 15) is 9.90 Å². The van der Waals surface area contributed by atoms with Crippen LogP contribution in [-0.2, 0) is 11.2 Å². The number of aliphatic hydroxyl groups is 1. The van der Waals surface area contributed by atoms with Gasteiger partial charge in [0.25, 0.3) is 0 Å². The number of nitrogens with zero attached hydrogens (tertiary/aromatic N) is 2. The minimum Gasteiger partial charge on any atom is -0.491 e. The summed E-state index contributed by atoms with van der Waals surface area (Å²) in [6.07, 6.45) is 5.03. The van der Waals surface area contributed by atoms with Gasteiger partial charge in [-0.05, 0) is 61.6 Å². The minimum atomic E-state index is -1.05. The lowest BCUT2D eigenvalue weighted by molar-refractivity contribution is -0.139. The number of amides is 1. The van der Waals surface area contributed by atoms with E-state index in [4.69, 9.17) is 16.3 Å². The fourth-order valence-corrected chi connectivity index (χ4v) is 3.55. The standard InChI is InChI=1S/C21H25ClN2O3/c1-15-9-18(10-16(2)20(15)22)27-14-21(26)6-4-8-24(13-21)19(25)11-17-5-3-7-23-12-17/h3,5,7,9-10,12,26H,4,6,8,11,13-14H2,1-2H3. The van der Waals surface area contributed by atoms with Crippen molar-refractivity contribution in [2.75, 3.05) is 19.7 Å². The molecule has 1 aromatic heterocycles. The molecule has 3 rings (SSSR count). The number of ether oxygens (including phenoxy) is 1. The van der Waals surface area contributed by atoms with Crippen LogP contribution in [0.25, 0.3) is 0 Å². The van der Waals surface area contributed by atoms with Crippen LogP contribution in [0.1, 0.15) is 29.5 Å². The van der Waals surface area contributed by atoms with Gasteiger partial charge in [-0.25, -0.2) is 0 Å². The largest absolute Gasteiger partial charge is 0.491 e. The normalized spacial score (nSPS) is 19.8. The molecule has 1 aliphatic rings. The molecule has 1 saturated heterocycles. The Labute approximate surface area is 164 Å². The zero-order valence-corrected chi connectivity index (χ0v) is 16.5. The van der Waals surface area contributed by atoms with Crippen LogP contribution >= 0.6 is 11.6 Å². The number of pyridine rings is 1. The molecule has 1 N–H and O–H groups in total. The Kier molecular flexibility index (Phi) is 6.02. The highest BCUT2D eigenvalue weighted by Gasteiger charge is 2.36. The van der Waals surface area contributed by atoms with E-state index in [0.717, 1.165) is 28.1 Å². The quantitative estimate of drug-likeness (QED) is 0.853. The molecular weight excluding hydrogens is 364 g/mol. The maximum absolute atomic E-state index is 12.6. The molecule has 2 heterocycles.